The lowest BCUT2D eigenvalue weighted by Crippen LogP contribution is -2.37. The molecule has 2 N–H and O–H groups in total. The molecular weight excluding hydrogens is 439 g/mol. The molecule has 1 aromatic carbocycles. The van der Waals surface area contributed by atoms with Crippen molar-refractivity contribution in [1.29, 1.82) is 0 Å². The van der Waals surface area contributed by atoms with Gasteiger partial charge in [0.15, 0.2) is 5.75 Å². The van der Waals surface area contributed by atoms with Crippen LogP contribution in [0.25, 0.3) is 0 Å². The fourth-order valence-electron chi connectivity index (χ4n) is 2.21. The predicted molar refractivity (Wildman–Crippen MR) is 110 cm³/mol. The van der Waals surface area contributed by atoms with Gasteiger partial charge in [-0.1, -0.05) is 55.6 Å². The highest BCUT2D eigenvalue weighted by Crippen LogP contribution is 2.42. The van der Waals surface area contributed by atoms with Gasteiger partial charge in [-0.2, -0.15) is 0 Å². The lowest BCUT2D eigenvalue weighted by atomic mass is 9.86. The van der Waals surface area contributed by atoms with Gasteiger partial charge in [0.05, 0.1) is 30.8 Å². The second-order valence-corrected chi connectivity index (χ2v) is 11.3. The minimum Gasteiger partial charge on any atom is -0.492 e. The number of carbonyl (C=O) groups is 1. The Bertz CT molecular complexity index is 801. The van der Waals surface area contributed by atoms with Crippen LogP contribution in [0, 0.1) is 0 Å². The van der Waals surface area contributed by atoms with E-state index in [-0.39, 0.29) is 22.9 Å². The maximum atomic E-state index is 12.1. The number of hydrogen-bond acceptors (Lipinski definition) is 4. The molecule has 7 nitrogen and oxygen atoms in total. The monoisotopic (exact) mass is 460 g/mol. The average Bonchev–Trinajstić information content (AvgIpc) is 2.49. The SMILES string of the molecule is CCS(=O)(=O)Nc1cc(C(C)(C)C)cc(N(CC(Cl)(Cl)Cl)C(=O)O)c1OC. The van der Waals surface area contributed by atoms with Crippen LogP contribution in [0.3, 0.4) is 0 Å². The zero-order chi connectivity index (χ0) is 21.2. The molecule has 0 aromatic heterocycles. The fourth-order valence-corrected chi connectivity index (χ4v) is 3.20. The van der Waals surface area contributed by atoms with Crippen molar-refractivity contribution in [3.8, 4) is 5.75 Å². The van der Waals surface area contributed by atoms with Gasteiger partial charge in [-0.3, -0.25) is 9.62 Å². The summed E-state index contributed by atoms with van der Waals surface area (Å²) in [7, 11) is -2.34. The van der Waals surface area contributed by atoms with Gasteiger partial charge in [0, 0.05) is 0 Å². The molecule has 27 heavy (non-hydrogen) atoms. The van der Waals surface area contributed by atoms with Crippen LogP contribution in [0.2, 0.25) is 0 Å². The third kappa shape index (κ3) is 6.78. The Morgan fingerprint density at radius 3 is 2.19 bits per heavy atom. The molecule has 0 heterocycles. The number of nitrogens with one attached hydrogen (secondary N) is 1. The second-order valence-electron chi connectivity index (χ2n) is 6.82. The molecule has 0 aliphatic carbocycles. The van der Waals surface area contributed by atoms with E-state index in [1.165, 1.54) is 14.0 Å². The molecule has 0 fully saturated rings. The van der Waals surface area contributed by atoms with E-state index in [0.29, 0.717) is 5.56 Å². The van der Waals surface area contributed by atoms with Crippen LogP contribution in [-0.4, -0.2) is 42.8 Å². The number of ether oxygens (including phenoxy) is 1. The van der Waals surface area contributed by atoms with Gasteiger partial charge < -0.3 is 9.84 Å². The van der Waals surface area contributed by atoms with Crippen LogP contribution in [0.4, 0.5) is 16.2 Å². The van der Waals surface area contributed by atoms with Crippen molar-refractivity contribution in [3.63, 3.8) is 0 Å². The first-order valence-electron chi connectivity index (χ1n) is 7.91. The summed E-state index contributed by atoms with van der Waals surface area (Å²) in [6.45, 7) is 6.71. The molecule has 11 heteroatoms. The molecule has 0 spiro atoms. The van der Waals surface area contributed by atoms with E-state index in [9.17, 15) is 18.3 Å². The van der Waals surface area contributed by atoms with Crippen molar-refractivity contribution in [1.82, 2.24) is 0 Å². The Labute approximate surface area is 174 Å². The summed E-state index contributed by atoms with van der Waals surface area (Å²) in [6, 6.07) is 3.18. The number of benzene rings is 1. The number of hydrogen-bond donors (Lipinski definition) is 2. The summed E-state index contributed by atoms with van der Waals surface area (Å²) >= 11 is 17.4. The Balaban J connectivity index is 3.76. The van der Waals surface area contributed by atoms with Gasteiger partial charge in [0.2, 0.25) is 13.8 Å². The lowest BCUT2D eigenvalue weighted by molar-refractivity contribution is 0.201. The predicted octanol–water partition coefficient (Wildman–Crippen LogP) is 4.61. The molecule has 0 aliphatic rings. The highest BCUT2D eigenvalue weighted by Gasteiger charge is 2.32. The summed E-state index contributed by atoms with van der Waals surface area (Å²) in [5.41, 5.74) is 0.426. The third-order valence-electron chi connectivity index (χ3n) is 3.64. The van der Waals surface area contributed by atoms with E-state index in [4.69, 9.17) is 39.5 Å². The van der Waals surface area contributed by atoms with E-state index < -0.39 is 31.9 Å². The standard InChI is InChI=1S/C16H23Cl3N2O5S/c1-6-27(24,25)20-11-7-10(15(2,3)4)8-12(13(11)26-5)21(14(22)23)9-16(17,18)19/h7-8,20H,6,9H2,1-5H3,(H,22,23). The summed E-state index contributed by atoms with van der Waals surface area (Å²) in [5, 5.41) is 9.63. The molecule has 0 saturated carbocycles. The number of methoxy groups -OCH3 is 1. The number of rotatable bonds is 6. The topological polar surface area (TPSA) is 95.9 Å². The first kappa shape index (κ1) is 23.9. The van der Waals surface area contributed by atoms with Crippen molar-refractivity contribution in [3.05, 3.63) is 17.7 Å². The van der Waals surface area contributed by atoms with Gasteiger partial charge in [0.1, 0.15) is 0 Å². The zero-order valence-corrected chi connectivity index (χ0v) is 18.7. The van der Waals surface area contributed by atoms with Gasteiger partial charge in [-0.05, 0) is 30.0 Å². The fraction of sp³-hybridized carbons (Fsp3) is 0.562. The van der Waals surface area contributed by atoms with E-state index >= 15 is 0 Å². The molecular formula is C16H23Cl3N2O5S. The van der Waals surface area contributed by atoms with Crippen molar-refractivity contribution in [2.75, 3.05) is 29.0 Å². The van der Waals surface area contributed by atoms with E-state index in [1.807, 2.05) is 20.8 Å². The van der Waals surface area contributed by atoms with E-state index in [1.54, 1.807) is 12.1 Å². The van der Waals surface area contributed by atoms with Crippen LogP contribution < -0.4 is 14.4 Å². The van der Waals surface area contributed by atoms with Crippen molar-refractivity contribution >= 4 is 62.3 Å². The number of alkyl halides is 3. The van der Waals surface area contributed by atoms with E-state index in [2.05, 4.69) is 4.72 Å². The van der Waals surface area contributed by atoms with E-state index in [0.717, 1.165) is 4.90 Å². The zero-order valence-electron chi connectivity index (χ0n) is 15.6. The number of amides is 1. The number of sulfonamides is 1. The Hall–Kier alpha value is -1.09. The number of carboxylic acid groups (broad SMARTS) is 1. The normalized spacial score (nSPS) is 12.6. The molecule has 1 rings (SSSR count). The molecule has 0 bridgehead atoms. The molecule has 0 atom stereocenters. The summed E-state index contributed by atoms with van der Waals surface area (Å²) in [4.78, 5) is 12.6. The third-order valence-corrected chi connectivity index (χ3v) is 5.29. The highest BCUT2D eigenvalue weighted by atomic mass is 35.6. The minimum atomic E-state index is -3.64. The number of nitrogens with zero attached hydrogens (tertiary/aromatic N) is 1. The molecule has 154 valence electrons. The highest BCUT2D eigenvalue weighted by molar-refractivity contribution is 7.92. The van der Waals surface area contributed by atoms with Crippen molar-refractivity contribution < 1.29 is 23.1 Å². The quantitative estimate of drug-likeness (QED) is 0.603. The second kappa shape index (κ2) is 8.51. The molecule has 0 aliphatic heterocycles. The van der Waals surface area contributed by atoms with Gasteiger partial charge in [-0.15, -0.1) is 0 Å². The van der Waals surface area contributed by atoms with Crippen LogP contribution in [0.5, 0.6) is 5.75 Å². The van der Waals surface area contributed by atoms with Crippen LogP contribution in [0.15, 0.2) is 12.1 Å². The lowest BCUT2D eigenvalue weighted by Gasteiger charge is -2.29. The maximum absolute atomic E-state index is 12.1. The Morgan fingerprint density at radius 2 is 1.81 bits per heavy atom. The van der Waals surface area contributed by atoms with Gasteiger partial charge >= 0.3 is 6.09 Å². The molecule has 1 aromatic rings. The Kier molecular flexibility index (Phi) is 7.55. The summed E-state index contributed by atoms with van der Waals surface area (Å²) in [6.07, 6.45) is -1.38. The van der Waals surface area contributed by atoms with Crippen LogP contribution in [0.1, 0.15) is 33.3 Å². The van der Waals surface area contributed by atoms with Gasteiger partial charge in [0.25, 0.3) is 0 Å². The van der Waals surface area contributed by atoms with Crippen LogP contribution in [-0.2, 0) is 15.4 Å². The van der Waals surface area contributed by atoms with Crippen molar-refractivity contribution in [2.45, 2.75) is 36.9 Å². The largest absolute Gasteiger partial charge is 0.492 e. The smallest absolute Gasteiger partial charge is 0.412 e. The first-order chi connectivity index (χ1) is 12.1. The molecule has 0 saturated heterocycles. The van der Waals surface area contributed by atoms with Crippen LogP contribution >= 0.6 is 34.8 Å². The van der Waals surface area contributed by atoms with Crippen molar-refractivity contribution in [2.24, 2.45) is 0 Å². The minimum absolute atomic E-state index is 0.0108. The first-order valence-corrected chi connectivity index (χ1v) is 10.7. The van der Waals surface area contributed by atoms with Gasteiger partial charge in [-0.25, -0.2) is 13.2 Å². The summed E-state index contributed by atoms with van der Waals surface area (Å²) < 4.78 is 30.0. The molecule has 0 unspecified atom stereocenters. The number of halogens is 3. The summed E-state index contributed by atoms with van der Waals surface area (Å²) in [5.74, 6) is -0.154. The maximum Gasteiger partial charge on any atom is 0.412 e. The molecule has 1 amide bonds. The average molecular weight is 462 g/mol. The molecule has 0 radical (unpaired) electrons. The number of anilines is 2. The Morgan fingerprint density at radius 1 is 1.26 bits per heavy atom.